The third kappa shape index (κ3) is 3.77. The van der Waals surface area contributed by atoms with E-state index in [1.807, 2.05) is 18.2 Å². The Balaban J connectivity index is 1.27. The summed E-state index contributed by atoms with van der Waals surface area (Å²) in [7, 11) is 1.69. The van der Waals surface area contributed by atoms with Crippen LogP contribution in [-0.4, -0.2) is 55.7 Å². The number of piperazine rings is 1. The zero-order valence-electron chi connectivity index (χ0n) is 18.1. The maximum Gasteiger partial charge on any atom is 0.173 e. The van der Waals surface area contributed by atoms with Crippen molar-refractivity contribution in [1.29, 1.82) is 0 Å². The number of fused-ring (bicyclic) bond motifs is 1. The first-order valence-corrected chi connectivity index (χ1v) is 11.0. The first-order chi connectivity index (χ1) is 15.7. The molecule has 3 aromatic rings. The molecule has 2 heterocycles. The Labute approximate surface area is 186 Å². The molecule has 0 radical (unpaired) electrons. The molecule has 1 aromatic heterocycles. The third-order valence-corrected chi connectivity index (χ3v) is 6.51. The predicted octanol–water partition coefficient (Wildman–Crippen LogP) is 4.06. The number of ketones is 1. The number of Topliss-reactive ketones (excluding diaryl/α,β-unsaturated/α-hetero) is 1. The summed E-state index contributed by atoms with van der Waals surface area (Å²) < 4.78 is 25.3. The van der Waals surface area contributed by atoms with E-state index in [1.165, 1.54) is 6.07 Å². The molecule has 166 valence electrons. The Hall–Kier alpha value is -3.19. The molecule has 1 aliphatic carbocycles. The topological polar surface area (TPSA) is 58.8 Å². The summed E-state index contributed by atoms with van der Waals surface area (Å²) in [5.74, 6) is 0.934. The Morgan fingerprint density at radius 3 is 2.62 bits per heavy atom. The molecule has 1 atom stereocenters. The number of halogens is 1. The molecule has 5 rings (SSSR count). The lowest BCUT2D eigenvalue weighted by atomic mass is 9.84. The number of aryl methyl sites for hydroxylation is 1. The number of nitrogens with zero attached hydrogens (tertiary/aromatic N) is 3. The fourth-order valence-corrected chi connectivity index (χ4v) is 4.77. The van der Waals surface area contributed by atoms with Gasteiger partial charge in [-0.2, -0.15) is 0 Å². The second-order valence-electron chi connectivity index (χ2n) is 8.37. The van der Waals surface area contributed by atoms with Crippen LogP contribution >= 0.6 is 0 Å². The Kier molecular flexibility index (Phi) is 5.66. The van der Waals surface area contributed by atoms with E-state index in [4.69, 9.17) is 9.26 Å². The van der Waals surface area contributed by atoms with E-state index < -0.39 is 5.82 Å². The molecule has 2 aliphatic rings. The normalized spacial score (nSPS) is 19.1. The van der Waals surface area contributed by atoms with Crippen molar-refractivity contribution in [2.24, 2.45) is 5.92 Å². The van der Waals surface area contributed by atoms with Crippen LogP contribution in [0.2, 0.25) is 0 Å². The summed E-state index contributed by atoms with van der Waals surface area (Å²) >= 11 is 0. The molecule has 2 aromatic carbocycles. The minimum absolute atomic E-state index is 0.0120. The molecule has 1 saturated heterocycles. The quantitative estimate of drug-likeness (QED) is 0.603. The van der Waals surface area contributed by atoms with E-state index in [0.717, 1.165) is 44.0 Å². The number of carbonyl (C=O) groups is 1. The molecular weight excluding hydrogens is 409 g/mol. The second kappa shape index (κ2) is 8.74. The molecule has 0 N–H and O–H groups in total. The van der Waals surface area contributed by atoms with Gasteiger partial charge in [-0.1, -0.05) is 29.4 Å². The van der Waals surface area contributed by atoms with Crippen molar-refractivity contribution in [3.63, 3.8) is 0 Å². The average Bonchev–Trinajstić information content (AvgIpc) is 3.26. The van der Waals surface area contributed by atoms with E-state index in [2.05, 4.69) is 21.0 Å². The van der Waals surface area contributed by atoms with Gasteiger partial charge in [0.25, 0.3) is 0 Å². The maximum atomic E-state index is 14.3. The Morgan fingerprint density at radius 1 is 1.09 bits per heavy atom. The minimum Gasteiger partial charge on any atom is -0.495 e. The van der Waals surface area contributed by atoms with Crippen molar-refractivity contribution in [2.45, 2.75) is 12.8 Å². The van der Waals surface area contributed by atoms with Crippen molar-refractivity contribution < 1.29 is 18.4 Å². The number of para-hydroxylation sites is 2. The van der Waals surface area contributed by atoms with Crippen molar-refractivity contribution in [3.05, 3.63) is 65.7 Å². The predicted molar refractivity (Wildman–Crippen MR) is 120 cm³/mol. The van der Waals surface area contributed by atoms with Crippen LogP contribution in [0.15, 0.2) is 53.1 Å². The number of hydrogen-bond donors (Lipinski definition) is 0. The van der Waals surface area contributed by atoms with Gasteiger partial charge in [0.15, 0.2) is 5.78 Å². The lowest BCUT2D eigenvalue weighted by Gasteiger charge is -2.38. The molecule has 32 heavy (non-hydrogen) atoms. The molecule has 7 heteroatoms. The minimum atomic E-state index is -0.397. The Bertz CT molecular complexity index is 1120. The lowest BCUT2D eigenvalue weighted by molar-refractivity contribution is 0.0848. The number of aromatic nitrogens is 1. The van der Waals surface area contributed by atoms with Crippen LogP contribution < -0.4 is 9.64 Å². The van der Waals surface area contributed by atoms with Gasteiger partial charge in [0.05, 0.1) is 18.4 Å². The number of hydrogen-bond acceptors (Lipinski definition) is 6. The van der Waals surface area contributed by atoms with E-state index in [-0.39, 0.29) is 11.7 Å². The second-order valence-corrected chi connectivity index (χ2v) is 8.37. The molecule has 6 nitrogen and oxygen atoms in total. The highest BCUT2D eigenvalue weighted by Crippen LogP contribution is 2.35. The fraction of sp³-hybridized carbons (Fsp3) is 0.360. The monoisotopic (exact) mass is 435 g/mol. The summed E-state index contributed by atoms with van der Waals surface area (Å²) in [6, 6.07) is 14.4. The van der Waals surface area contributed by atoms with Crippen LogP contribution in [0.1, 0.15) is 22.5 Å². The highest BCUT2D eigenvalue weighted by Gasteiger charge is 2.36. The number of benzene rings is 2. The van der Waals surface area contributed by atoms with E-state index in [1.54, 1.807) is 25.3 Å². The molecule has 0 spiro atoms. The first kappa shape index (κ1) is 20.7. The van der Waals surface area contributed by atoms with Gasteiger partial charge < -0.3 is 14.2 Å². The van der Waals surface area contributed by atoms with Gasteiger partial charge in [0, 0.05) is 50.6 Å². The number of rotatable bonds is 5. The van der Waals surface area contributed by atoms with Crippen LogP contribution in [0.5, 0.6) is 5.75 Å². The van der Waals surface area contributed by atoms with Crippen LogP contribution in [0.25, 0.3) is 11.3 Å². The van der Waals surface area contributed by atoms with E-state index in [0.29, 0.717) is 35.5 Å². The number of ether oxygens (including phenoxy) is 1. The molecule has 0 amide bonds. The zero-order chi connectivity index (χ0) is 22.1. The standard InChI is InChI=1S/C25H26FN3O3/c1-31-21-9-5-4-8-20(21)29-14-12-28(13-15-29)16-17-10-11-22-23(25(17)30)24(27-32-22)18-6-2-3-7-19(18)26/h2-9,17H,10-16H2,1H3. The van der Waals surface area contributed by atoms with Crippen LogP contribution in [0.3, 0.4) is 0 Å². The summed E-state index contributed by atoms with van der Waals surface area (Å²) in [5, 5.41) is 4.05. The van der Waals surface area contributed by atoms with Crippen molar-refractivity contribution in [1.82, 2.24) is 10.1 Å². The van der Waals surface area contributed by atoms with Gasteiger partial charge in [-0.05, 0) is 30.7 Å². The summed E-state index contributed by atoms with van der Waals surface area (Å²) in [6.07, 6.45) is 1.37. The van der Waals surface area contributed by atoms with Crippen LogP contribution in [0.4, 0.5) is 10.1 Å². The van der Waals surface area contributed by atoms with Gasteiger partial charge in [-0.15, -0.1) is 0 Å². The van der Waals surface area contributed by atoms with Gasteiger partial charge in [0.1, 0.15) is 23.0 Å². The molecule has 0 bridgehead atoms. The number of anilines is 1. The van der Waals surface area contributed by atoms with Crippen LogP contribution in [-0.2, 0) is 6.42 Å². The maximum absolute atomic E-state index is 14.3. The number of methoxy groups -OCH3 is 1. The molecule has 1 unspecified atom stereocenters. The van der Waals surface area contributed by atoms with Gasteiger partial charge in [-0.25, -0.2) is 4.39 Å². The average molecular weight is 435 g/mol. The first-order valence-electron chi connectivity index (χ1n) is 11.0. The van der Waals surface area contributed by atoms with Gasteiger partial charge in [-0.3, -0.25) is 9.69 Å². The highest BCUT2D eigenvalue weighted by atomic mass is 19.1. The largest absolute Gasteiger partial charge is 0.495 e. The summed E-state index contributed by atoms with van der Waals surface area (Å²) in [4.78, 5) is 18.0. The van der Waals surface area contributed by atoms with Crippen molar-refractivity contribution in [2.75, 3.05) is 44.7 Å². The molecule has 1 aliphatic heterocycles. The van der Waals surface area contributed by atoms with E-state index >= 15 is 0 Å². The lowest BCUT2D eigenvalue weighted by Crippen LogP contribution is -2.49. The molecule has 0 saturated carbocycles. The highest BCUT2D eigenvalue weighted by molar-refractivity contribution is 6.04. The van der Waals surface area contributed by atoms with Crippen molar-refractivity contribution >= 4 is 11.5 Å². The molecule has 1 fully saturated rings. The van der Waals surface area contributed by atoms with E-state index in [9.17, 15) is 9.18 Å². The summed E-state index contributed by atoms with van der Waals surface area (Å²) in [5.41, 5.74) is 2.21. The number of carbonyl (C=O) groups excluding carboxylic acids is 1. The smallest absolute Gasteiger partial charge is 0.173 e. The third-order valence-electron chi connectivity index (χ3n) is 6.51. The van der Waals surface area contributed by atoms with Gasteiger partial charge in [0.2, 0.25) is 0 Å². The van der Waals surface area contributed by atoms with Crippen LogP contribution in [0, 0.1) is 11.7 Å². The molecular formula is C25H26FN3O3. The summed E-state index contributed by atoms with van der Waals surface area (Å²) in [6.45, 7) is 4.19. The zero-order valence-corrected chi connectivity index (χ0v) is 18.1. The fourth-order valence-electron chi connectivity index (χ4n) is 4.77. The SMILES string of the molecule is COc1ccccc1N1CCN(CC2CCc3onc(-c4ccccc4F)c3C2=O)CC1. The Morgan fingerprint density at radius 2 is 1.84 bits per heavy atom. The van der Waals surface area contributed by atoms with Crippen molar-refractivity contribution in [3.8, 4) is 17.0 Å². The van der Waals surface area contributed by atoms with Gasteiger partial charge >= 0.3 is 0 Å².